The quantitative estimate of drug-likeness (QED) is 0.304. The van der Waals surface area contributed by atoms with Crippen LogP contribution in [0.4, 0.5) is 15.8 Å². The number of anilines is 2. The summed E-state index contributed by atoms with van der Waals surface area (Å²) >= 11 is 28.6. The van der Waals surface area contributed by atoms with Gasteiger partial charge in [-0.05, 0) is 66.2 Å². The molecule has 0 aromatic heterocycles. The van der Waals surface area contributed by atoms with Crippen LogP contribution in [0.5, 0.6) is 0 Å². The Balaban J connectivity index is 1.53. The van der Waals surface area contributed by atoms with Crippen LogP contribution in [0.1, 0.15) is 21.8 Å². The predicted octanol–water partition coefficient (Wildman–Crippen LogP) is 7.70. The van der Waals surface area contributed by atoms with Crippen LogP contribution in [-0.4, -0.2) is 23.2 Å². The van der Waals surface area contributed by atoms with Gasteiger partial charge in [-0.2, -0.15) is 0 Å². The summed E-state index contributed by atoms with van der Waals surface area (Å²) in [6.45, 7) is 0. The van der Waals surface area contributed by atoms with E-state index >= 15 is 0 Å². The van der Waals surface area contributed by atoms with Crippen molar-refractivity contribution in [1.82, 2.24) is 0 Å². The van der Waals surface area contributed by atoms with Crippen LogP contribution in [0.25, 0.3) is 0 Å². The number of nitrogens with zero attached hydrogens (tertiary/aromatic N) is 1. The summed E-state index contributed by atoms with van der Waals surface area (Å²) in [5.74, 6) is -2.42. The molecule has 176 valence electrons. The van der Waals surface area contributed by atoms with Crippen molar-refractivity contribution in [1.29, 1.82) is 0 Å². The van der Waals surface area contributed by atoms with Crippen molar-refractivity contribution in [2.45, 2.75) is 10.3 Å². The zero-order chi connectivity index (χ0) is 24.8. The lowest BCUT2D eigenvalue weighted by molar-refractivity contribution is -0.117. The van der Waals surface area contributed by atoms with E-state index in [2.05, 4.69) is 21.2 Å². The summed E-state index contributed by atoms with van der Waals surface area (Å²) in [5.41, 5.74) is 1.74. The normalized spacial score (nSPS) is 18.3. The molecule has 0 spiro atoms. The summed E-state index contributed by atoms with van der Waals surface area (Å²) in [4.78, 5) is 27.4. The molecule has 10 heteroatoms. The van der Waals surface area contributed by atoms with Crippen molar-refractivity contribution >= 4 is 85.5 Å². The first-order chi connectivity index (χ1) is 16.0. The highest BCUT2D eigenvalue weighted by Gasteiger charge is 2.67. The number of carbonyl (C=O) groups excluding carboxylic acids is 2. The number of carbonyl (C=O) groups is 2. The van der Waals surface area contributed by atoms with Crippen LogP contribution in [0.3, 0.4) is 0 Å². The number of amides is 2. The number of rotatable bonds is 5. The SMILES string of the molecule is CN(C(=O)c1cc(NC(=O)C2C(c3cc(Cl)cc(Br)c3)C2(Cl)Cl)ccc1Cl)c1ccc(F)cc1. The van der Waals surface area contributed by atoms with Gasteiger partial charge in [-0.15, -0.1) is 23.2 Å². The lowest BCUT2D eigenvalue weighted by Gasteiger charge is -2.18. The smallest absolute Gasteiger partial charge is 0.259 e. The molecule has 4 nitrogen and oxygen atoms in total. The fourth-order valence-corrected chi connectivity index (χ4v) is 5.68. The molecule has 4 rings (SSSR count). The van der Waals surface area contributed by atoms with Crippen LogP contribution in [0, 0.1) is 11.7 Å². The molecule has 1 aliphatic carbocycles. The molecule has 3 aromatic carbocycles. The molecule has 2 atom stereocenters. The molecular weight excluding hydrogens is 589 g/mol. The van der Waals surface area contributed by atoms with E-state index in [0.29, 0.717) is 16.4 Å². The first-order valence-electron chi connectivity index (χ1n) is 9.97. The Labute approximate surface area is 224 Å². The van der Waals surface area contributed by atoms with Gasteiger partial charge in [0.25, 0.3) is 5.91 Å². The molecule has 0 aliphatic heterocycles. The lowest BCUT2D eigenvalue weighted by atomic mass is 10.1. The van der Waals surface area contributed by atoms with Gasteiger partial charge in [0.2, 0.25) is 5.91 Å². The van der Waals surface area contributed by atoms with Crippen molar-refractivity contribution in [2.75, 3.05) is 17.3 Å². The number of halogens is 6. The minimum atomic E-state index is -1.30. The van der Waals surface area contributed by atoms with Crippen LogP contribution >= 0.6 is 62.3 Å². The maximum absolute atomic E-state index is 13.2. The van der Waals surface area contributed by atoms with E-state index in [4.69, 9.17) is 46.4 Å². The summed E-state index contributed by atoms with van der Waals surface area (Å²) in [6, 6.07) is 15.3. The zero-order valence-electron chi connectivity index (χ0n) is 17.5. The summed E-state index contributed by atoms with van der Waals surface area (Å²) in [7, 11) is 1.55. The topological polar surface area (TPSA) is 49.4 Å². The van der Waals surface area contributed by atoms with Crippen molar-refractivity contribution < 1.29 is 14.0 Å². The third kappa shape index (κ3) is 5.07. The highest BCUT2D eigenvalue weighted by atomic mass is 79.9. The summed E-state index contributed by atoms with van der Waals surface area (Å²) in [6.07, 6.45) is 0. The van der Waals surface area contributed by atoms with Crippen molar-refractivity contribution in [3.05, 3.63) is 92.1 Å². The molecule has 0 saturated heterocycles. The second-order valence-electron chi connectivity index (χ2n) is 7.86. The Morgan fingerprint density at radius 1 is 1.03 bits per heavy atom. The van der Waals surface area contributed by atoms with Crippen molar-refractivity contribution in [3.63, 3.8) is 0 Å². The van der Waals surface area contributed by atoms with Gasteiger partial charge in [0.1, 0.15) is 10.2 Å². The molecular formula is C24H16BrCl4FN2O2. The Bertz CT molecular complexity index is 1270. The van der Waals surface area contributed by atoms with E-state index in [1.807, 2.05) is 6.07 Å². The van der Waals surface area contributed by atoms with Gasteiger partial charge in [-0.25, -0.2) is 4.39 Å². The predicted molar refractivity (Wildman–Crippen MR) is 139 cm³/mol. The van der Waals surface area contributed by atoms with Crippen LogP contribution < -0.4 is 10.2 Å². The number of benzene rings is 3. The van der Waals surface area contributed by atoms with E-state index < -0.39 is 33.8 Å². The summed E-state index contributed by atoms with van der Waals surface area (Å²) < 4.78 is 12.7. The maximum Gasteiger partial charge on any atom is 0.259 e. The third-order valence-electron chi connectivity index (χ3n) is 5.56. The molecule has 2 unspecified atom stereocenters. The first kappa shape index (κ1) is 25.3. The third-order valence-corrected chi connectivity index (χ3v) is 7.51. The molecule has 3 aromatic rings. The van der Waals surface area contributed by atoms with Crippen LogP contribution in [0.15, 0.2) is 65.1 Å². The second kappa shape index (κ2) is 9.67. The minimum absolute atomic E-state index is 0.167. The average Bonchev–Trinajstić information content (AvgIpc) is 3.36. The lowest BCUT2D eigenvalue weighted by Crippen LogP contribution is -2.26. The molecule has 2 amide bonds. The molecule has 1 saturated carbocycles. The van der Waals surface area contributed by atoms with Gasteiger partial charge in [0.05, 0.1) is 16.5 Å². The Hall–Kier alpha value is -1.83. The molecule has 1 aliphatic rings. The van der Waals surface area contributed by atoms with Gasteiger partial charge >= 0.3 is 0 Å². The Morgan fingerprint density at radius 3 is 2.35 bits per heavy atom. The summed E-state index contributed by atoms with van der Waals surface area (Å²) in [5, 5.41) is 3.46. The highest BCUT2D eigenvalue weighted by molar-refractivity contribution is 9.10. The molecule has 0 radical (unpaired) electrons. The Morgan fingerprint density at radius 2 is 1.71 bits per heavy atom. The number of alkyl halides is 2. The van der Waals surface area contributed by atoms with E-state index in [1.54, 1.807) is 25.2 Å². The number of hydrogen-bond acceptors (Lipinski definition) is 2. The molecule has 1 fully saturated rings. The fraction of sp³-hybridized carbons (Fsp3) is 0.167. The van der Waals surface area contributed by atoms with E-state index in [9.17, 15) is 14.0 Å². The van der Waals surface area contributed by atoms with Crippen LogP contribution in [-0.2, 0) is 4.79 Å². The number of nitrogens with one attached hydrogen (secondary N) is 1. The molecule has 1 N–H and O–H groups in total. The fourth-order valence-electron chi connectivity index (χ4n) is 3.77. The van der Waals surface area contributed by atoms with Gasteiger partial charge in [-0.1, -0.05) is 39.1 Å². The molecule has 0 heterocycles. The van der Waals surface area contributed by atoms with Crippen molar-refractivity contribution in [3.8, 4) is 0 Å². The van der Waals surface area contributed by atoms with E-state index in [1.165, 1.54) is 41.3 Å². The van der Waals surface area contributed by atoms with Gasteiger partial charge in [-0.3, -0.25) is 9.59 Å². The maximum atomic E-state index is 13.2. The minimum Gasteiger partial charge on any atom is -0.326 e. The molecule has 34 heavy (non-hydrogen) atoms. The first-order valence-corrected chi connectivity index (χ1v) is 12.3. The van der Waals surface area contributed by atoms with E-state index in [0.717, 1.165) is 10.0 Å². The van der Waals surface area contributed by atoms with Crippen molar-refractivity contribution in [2.24, 2.45) is 5.92 Å². The van der Waals surface area contributed by atoms with Crippen LogP contribution in [0.2, 0.25) is 10.0 Å². The Kier molecular flexibility index (Phi) is 7.19. The number of hydrogen-bond donors (Lipinski definition) is 1. The average molecular weight is 605 g/mol. The standard InChI is InChI=1S/C24H16BrCl4FN2O2/c1-32(17-5-2-15(30)3-6-17)23(34)18-11-16(4-7-19(18)27)31-22(33)21-20(24(21,28)29)12-8-13(25)10-14(26)9-12/h2-11,20-21H,1H3,(H,31,33). The van der Waals surface area contributed by atoms with E-state index in [-0.39, 0.29) is 10.6 Å². The largest absolute Gasteiger partial charge is 0.326 e. The molecule has 0 bridgehead atoms. The second-order valence-corrected chi connectivity index (χ2v) is 11.1. The highest BCUT2D eigenvalue weighted by Crippen LogP contribution is 2.65. The zero-order valence-corrected chi connectivity index (χ0v) is 22.1. The van der Waals surface area contributed by atoms with Gasteiger partial charge in [0, 0.05) is 33.8 Å². The van der Waals surface area contributed by atoms with Gasteiger partial charge < -0.3 is 10.2 Å². The van der Waals surface area contributed by atoms with Gasteiger partial charge in [0.15, 0.2) is 0 Å². The monoisotopic (exact) mass is 602 g/mol.